The molecule has 0 bridgehead atoms. The average Bonchev–Trinajstić information content (AvgIpc) is 2.18. The van der Waals surface area contributed by atoms with Crippen LogP contribution in [-0.4, -0.2) is 10.4 Å². The standard InChI is InChI=1S/C11H12BrNO/c1-8(9(2)14)11(12)13-10-6-4-3-5-7-10/h3-8H,1-2H3. The van der Waals surface area contributed by atoms with Gasteiger partial charge in [-0.1, -0.05) is 18.2 Å². The fraction of sp³-hybridized carbons (Fsp3) is 0.273. The van der Waals surface area contributed by atoms with Gasteiger partial charge < -0.3 is 0 Å². The molecule has 1 aromatic carbocycles. The van der Waals surface area contributed by atoms with E-state index in [2.05, 4.69) is 20.9 Å². The summed E-state index contributed by atoms with van der Waals surface area (Å²) in [5, 5.41) is 0. The predicted octanol–water partition coefficient (Wildman–Crippen LogP) is 3.34. The maximum atomic E-state index is 11.1. The van der Waals surface area contributed by atoms with Gasteiger partial charge in [-0.05, 0) is 41.9 Å². The number of carbonyl (C=O) groups excluding carboxylic acids is 1. The largest absolute Gasteiger partial charge is 0.299 e. The van der Waals surface area contributed by atoms with Crippen LogP contribution in [0, 0.1) is 5.92 Å². The highest BCUT2D eigenvalue weighted by molar-refractivity contribution is 9.18. The maximum absolute atomic E-state index is 11.1. The van der Waals surface area contributed by atoms with Crippen LogP contribution in [0.4, 0.5) is 5.69 Å². The summed E-state index contributed by atoms with van der Waals surface area (Å²) in [6, 6.07) is 9.55. The fourth-order valence-electron chi connectivity index (χ4n) is 0.890. The second-order valence-electron chi connectivity index (χ2n) is 3.10. The van der Waals surface area contributed by atoms with Crippen molar-refractivity contribution in [1.82, 2.24) is 0 Å². The number of hydrogen-bond acceptors (Lipinski definition) is 2. The first-order valence-corrected chi connectivity index (χ1v) is 5.20. The first-order valence-electron chi connectivity index (χ1n) is 4.41. The first kappa shape index (κ1) is 11.1. The van der Waals surface area contributed by atoms with Crippen molar-refractivity contribution < 1.29 is 4.79 Å². The molecule has 1 unspecified atom stereocenters. The molecule has 0 aliphatic carbocycles. The summed E-state index contributed by atoms with van der Waals surface area (Å²) < 4.78 is 0.677. The van der Waals surface area contributed by atoms with Gasteiger partial charge in [0.2, 0.25) is 0 Å². The number of rotatable bonds is 3. The lowest BCUT2D eigenvalue weighted by atomic mass is 10.1. The highest BCUT2D eigenvalue weighted by atomic mass is 79.9. The van der Waals surface area contributed by atoms with Gasteiger partial charge in [0.15, 0.2) is 0 Å². The first-order chi connectivity index (χ1) is 6.61. The molecule has 0 saturated carbocycles. The maximum Gasteiger partial charge on any atom is 0.139 e. The molecule has 0 amide bonds. The van der Waals surface area contributed by atoms with Gasteiger partial charge in [-0.3, -0.25) is 4.79 Å². The summed E-state index contributed by atoms with van der Waals surface area (Å²) in [6.45, 7) is 3.39. The number of nitrogens with zero attached hydrogens (tertiary/aromatic N) is 1. The van der Waals surface area contributed by atoms with Crippen LogP contribution in [-0.2, 0) is 4.79 Å². The molecular formula is C11H12BrNO. The Bertz CT molecular complexity index is 346. The minimum Gasteiger partial charge on any atom is -0.299 e. The van der Waals surface area contributed by atoms with E-state index >= 15 is 0 Å². The highest BCUT2D eigenvalue weighted by Crippen LogP contribution is 2.16. The Kier molecular flexibility index (Phi) is 4.01. The Morgan fingerprint density at radius 2 is 1.93 bits per heavy atom. The van der Waals surface area contributed by atoms with Crippen molar-refractivity contribution >= 4 is 32.0 Å². The Hall–Kier alpha value is -0.960. The molecule has 1 atom stereocenters. The van der Waals surface area contributed by atoms with Crippen LogP contribution in [0.15, 0.2) is 35.3 Å². The monoisotopic (exact) mass is 253 g/mol. The van der Waals surface area contributed by atoms with Crippen LogP contribution < -0.4 is 0 Å². The van der Waals surface area contributed by atoms with E-state index in [4.69, 9.17) is 0 Å². The zero-order valence-corrected chi connectivity index (χ0v) is 9.78. The zero-order valence-electron chi connectivity index (χ0n) is 8.20. The van der Waals surface area contributed by atoms with E-state index in [9.17, 15) is 4.79 Å². The molecule has 0 aromatic heterocycles. The SMILES string of the molecule is CC(=O)C(C)C(Br)=Nc1ccccc1. The van der Waals surface area contributed by atoms with E-state index in [1.165, 1.54) is 0 Å². The number of ketones is 1. The van der Waals surface area contributed by atoms with Crippen molar-refractivity contribution in [3.05, 3.63) is 30.3 Å². The Balaban J connectivity index is 2.84. The number of para-hydroxylation sites is 1. The van der Waals surface area contributed by atoms with Gasteiger partial charge >= 0.3 is 0 Å². The smallest absolute Gasteiger partial charge is 0.139 e. The van der Waals surface area contributed by atoms with Crippen LogP contribution >= 0.6 is 15.9 Å². The fourth-order valence-corrected chi connectivity index (χ4v) is 1.42. The molecular weight excluding hydrogens is 242 g/mol. The molecule has 1 rings (SSSR count). The molecule has 14 heavy (non-hydrogen) atoms. The summed E-state index contributed by atoms with van der Waals surface area (Å²) in [4.78, 5) is 15.4. The van der Waals surface area contributed by atoms with E-state index in [-0.39, 0.29) is 11.7 Å². The summed E-state index contributed by atoms with van der Waals surface area (Å²) in [6.07, 6.45) is 0. The number of carbonyl (C=O) groups is 1. The third-order valence-electron chi connectivity index (χ3n) is 1.96. The van der Waals surface area contributed by atoms with Crippen LogP contribution in [0.5, 0.6) is 0 Å². The molecule has 74 valence electrons. The van der Waals surface area contributed by atoms with E-state index in [0.29, 0.717) is 4.62 Å². The summed E-state index contributed by atoms with van der Waals surface area (Å²) >= 11 is 3.31. The van der Waals surface area contributed by atoms with Crippen molar-refractivity contribution in [2.75, 3.05) is 0 Å². The highest BCUT2D eigenvalue weighted by Gasteiger charge is 2.12. The lowest BCUT2D eigenvalue weighted by molar-refractivity contribution is -0.118. The summed E-state index contributed by atoms with van der Waals surface area (Å²) in [5.74, 6) is -0.0632. The van der Waals surface area contributed by atoms with E-state index in [0.717, 1.165) is 5.69 Å². The second kappa shape index (κ2) is 5.05. The third kappa shape index (κ3) is 3.07. The molecule has 0 aliphatic rings. The molecule has 2 nitrogen and oxygen atoms in total. The molecule has 1 aromatic rings. The topological polar surface area (TPSA) is 29.4 Å². The minimum atomic E-state index is -0.171. The van der Waals surface area contributed by atoms with Gasteiger partial charge in [-0.15, -0.1) is 0 Å². The third-order valence-corrected chi connectivity index (χ3v) is 2.82. The molecule has 3 heteroatoms. The average molecular weight is 254 g/mol. The predicted molar refractivity (Wildman–Crippen MR) is 62.3 cm³/mol. The van der Waals surface area contributed by atoms with Gasteiger partial charge in [0.05, 0.1) is 16.2 Å². The Labute approximate surface area is 92.2 Å². The van der Waals surface area contributed by atoms with Gasteiger partial charge in [0.25, 0.3) is 0 Å². The van der Waals surface area contributed by atoms with Gasteiger partial charge in [0.1, 0.15) is 5.78 Å². The summed E-state index contributed by atoms with van der Waals surface area (Å²) in [7, 11) is 0. The van der Waals surface area contributed by atoms with Crippen molar-refractivity contribution in [3.63, 3.8) is 0 Å². The lowest BCUT2D eigenvalue weighted by Gasteiger charge is -2.04. The van der Waals surface area contributed by atoms with Crippen molar-refractivity contribution in [1.29, 1.82) is 0 Å². The Morgan fingerprint density at radius 1 is 1.36 bits per heavy atom. The Morgan fingerprint density at radius 3 is 2.43 bits per heavy atom. The van der Waals surface area contributed by atoms with Crippen molar-refractivity contribution in [2.24, 2.45) is 10.9 Å². The van der Waals surface area contributed by atoms with Crippen LogP contribution in [0.2, 0.25) is 0 Å². The molecule has 0 N–H and O–H groups in total. The van der Waals surface area contributed by atoms with Crippen LogP contribution in [0.25, 0.3) is 0 Å². The number of Topliss-reactive ketones (excluding diaryl/α,β-unsaturated/α-hetero) is 1. The molecule has 0 heterocycles. The molecule has 0 saturated heterocycles. The summed E-state index contributed by atoms with van der Waals surface area (Å²) in [5.41, 5.74) is 0.854. The molecule has 0 fully saturated rings. The van der Waals surface area contributed by atoms with Crippen LogP contribution in [0.1, 0.15) is 13.8 Å². The normalized spacial score (nSPS) is 13.8. The van der Waals surface area contributed by atoms with Gasteiger partial charge in [-0.25, -0.2) is 4.99 Å². The minimum absolute atomic E-state index is 0.108. The number of halogens is 1. The van der Waals surface area contributed by atoms with E-state index in [1.54, 1.807) is 6.92 Å². The van der Waals surface area contributed by atoms with E-state index < -0.39 is 0 Å². The molecule has 0 spiro atoms. The van der Waals surface area contributed by atoms with Crippen molar-refractivity contribution in [3.8, 4) is 0 Å². The quantitative estimate of drug-likeness (QED) is 0.760. The van der Waals surface area contributed by atoms with E-state index in [1.807, 2.05) is 37.3 Å². The number of benzene rings is 1. The lowest BCUT2D eigenvalue weighted by Crippen LogP contribution is -2.12. The van der Waals surface area contributed by atoms with Gasteiger partial charge in [0, 0.05) is 0 Å². The number of hydrogen-bond donors (Lipinski definition) is 0. The second-order valence-corrected chi connectivity index (χ2v) is 3.91. The molecule has 0 aliphatic heterocycles. The van der Waals surface area contributed by atoms with Gasteiger partial charge in [-0.2, -0.15) is 0 Å². The zero-order chi connectivity index (χ0) is 10.6. The molecule has 0 radical (unpaired) electrons. The van der Waals surface area contributed by atoms with Crippen LogP contribution in [0.3, 0.4) is 0 Å². The van der Waals surface area contributed by atoms with Crippen molar-refractivity contribution in [2.45, 2.75) is 13.8 Å². The number of aliphatic imine (C=N–C) groups is 1.